The number of fused-ring (bicyclic) bond motifs is 1. The number of benzene rings is 1. The Morgan fingerprint density at radius 3 is 2.47 bits per heavy atom. The molecule has 1 fully saturated rings. The van der Waals surface area contributed by atoms with E-state index in [1.165, 1.54) is 0 Å². The monoisotopic (exact) mass is 477 g/mol. The van der Waals surface area contributed by atoms with Gasteiger partial charge in [-0.05, 0) is 41.3 Å². The molecule has 1 aliphatic rings. The highest BCUT2D eigenvalue weighted by Gasteiger charge is 2.23. The van der Waals surface area contributed by atoms with Crippen LogP contribution in [0, 0.1) is 0 Å². The minimum Gasteiger partial charge on any atom is -0.477 e. The Bertz CT molecular complexity index is 1360. The van der Waals surface area contributed by atoms with Gasteiger partial charge in [0.25, 0.3) is 0 Å². The molecule has 174 valence electrons. The first-order valence-corrected chi connectivity index (χ1v) is 11.5. The van der Waals surface area contributed by atoms with Gasteiger partial charge in [0.15, 0.2) is 11.3 Å². The number of aromatic carboxylic acids is 1. The zero-order chi connectivity index (χ0) is 23.8. The fourth-order valence-corrected chi connectivity index (χ4v) is 4.43. The van der Waals surface area contributed by atoms with Crippen LogP contribution in [0.2, 0.25) is 5.15 Å². The first-order chi connectivity index (χ1) is 16.4. The fourth-order valence-electron chi connectivity index (χ4n) is 4.26. The normalized spacial score (nSPS) is 14.2. The molecule has 0 spiro atoms. The maximum atomic E-state index is 12.0. The van der Waals surface area contributed by atoms with Crippen molar-refractivity contribution in [1.29, 1.82) is 0 Å². The highest BCUT2D eigenvalue weighted by molar-refractivity contribution is 6.29. The summed E-state index contributed by atoms with van der Waals surface area (Å²) in [6.45, 7) is 7.24. The summed E-state index contributed by atoms with van der Waals surface area (Å²) in [6.07, 6.45) is 1.59. The van der Waals surface area contributed by atoms with Gasteiger partial charge in [0.1, 0.15) is 5.15 Å². The van der Waals surface area contributed by atoms with Gasteiger partial charge in [-0.15, -0.1) is 0 Å². The molecule has 5 rings (SSSR count). The molecule has 0 saturated carbocycles. The molecule has 0 aliphatic carbocycles. The van der Waals surface area contributed by atoms with E-state index in [4.69, 9.17) is 21.4 Å². The lowest BCUT2D eigenvalue weighted by atomic mass is 9.97. The van der Waals surface area contributed by atoms with E-state index in [2.05, 4.69) is 40.8 Å². The standard InChI is InChI=1S/C25H24ClN5O3/c1-15(2)23-22-19(16-3-5-17(6-4-16)30-9-11-34-12-10-30)14-20(25(32)33)28-24(22)31(29-23)18-7-8-27-21(26)13-18/h3-8,13-15H,9-12H2,1-2H3,(H,32,33). The number of rotatable bonds is 5. The first kappa shape index (κ1) is 22.3. The van der Waals surface area contributed by atoms with Crippen LogP contribution in [0.25, 0.3) is 27.8 Å². The average molecular weight is 478 g/mol. The summed E-state index contributed by atoms with van der Waals surface area (Å²) in [6, 6.07) is 13.3. The quantitative estimate of drug-likeness (QED) is 0.413. The second-order valence-corrected chi connectivity index (χ2v) is 8.88. The van der Waals surface area contributed by atoms with Crippen molar-refractivity contribution in [3.8, 4) is 16.8 Å². The zero-order valence-corrected chi connectivity index (χ0v) is 19.7. The van der Waals surface area contributed by atoms with E-state index in [1.807, 2.05) is 12.1 Å². The summed E-state index contributed by atoms with van der Waals surface area (Å²) >= 11 is 6.12. The Labute approximate surface area is 201 Å². The lowest BCUT2D eigenvalue weighted by molar-refractivity contribution is 0.0691. The number of pyridine rings is 2. The summed E-state index contributed by atoms with van der Waals surface area (Å²) < 4.78 is 7.10. The second kappa shape index (κ2) is 9.04. The third-order valence-electron chi connectivity index (χ3n) is 5.94. The number of carboxylic acid groups (broad SMARTS) is 1. The number of carbonyl (C=O) groups is 1. The number of morpholine rings is 1. The summed E-state index contributed by atoms with van der Waals surface area (Å²) in [4.78, 5) is 22.8. The van der Waals surface area contributed by atoms with E-state index in [0.717, 1.165) is 41.0 Å². The minimum absolute atomic E-state index is 0.0450. The van der Waals surface area contributed by atoms with Crippen LogP contribution in [0.5, 0.6) is 0 Å². The van der Waals surface area contributed by atoms with Crippen LogP contribution in [0.4, 0.5) is 5.69 Å². The van der Waals surface area contributed by atoms with Crippen LogP contribution in [-0.4, -0.2) is 57.1 Å². The smallest absolute Gasteiger partial charge is 0.354 e. The lowest BCUT2D eigenvalue weighted by Crippen LogP contribution is -2.36. The van der Waals surface area contributed by atoms with Crippen molar-refractivity contribution in [2.75, 3.05) is 31.2 Å². The molecule has 0 amide bonds. The molecule has 0 radical (unpaired) electrons. The minimum atomic E-state index is -1.10. The number of hydrogen-bond acceptors (Lipinski definition) is 6. The molecule has 9 heteroatoms. The number of ether oxygens (including phenoxy) is 1. The third-order valence-corrected chi connectivity index (χ3v) is 6.15. The number of aromatic nitrogens is 4. The molecule has 8 nitrogen and oxygen atoms in total. The third kappa shape index (κ3) is 4.10. The predicted octanol–water partition coefficient (Wildman–Crippen LogP) is 4.79. The van der Waals surface area contributed by atoms with Crippen LogP contribution >= 0.6 is 11.6 Å². The Morgan fingerprint density at radius 2 is 1.82 bits per heavy atom. The highest BCUT2D eigenvalue weighted by Crippen LogP contribution is 2.36. The molecule has 1 aromatic carbocycles. The molecular formula is C25H24ClN5O3. The van der Waals surface area contributed by atoms with E-state index in [1.54, 1.807) is 29.1 Å². The summed E-state index contributed by atoms with van der Waals surface area (Å²) in [5.41, 5.74) is 4.73. The Hall–Kier alpha value is -3.49. The van der Waals surface area contributed by atoms with Crippen LogP contribution in [-0.2, 0) is 4.74 Å². The van der Waals surface area contributed by atoms with Crippen molar-refractivity contribution >= 4 is 34.3 Å². The largest absolute Gasteiger partial charge is 0.477 e. The van der Waals surface area contributed by atoms with Crippen molar-refractivity contribution in [3.05, 3.63) is 65.2 Å². The molecule has 34 heavy (non-hydrogen) atoms. The van der Waals surface area contributed by atoms with Gasteiger partial charge in [-0.2, -0.15) is 5.10 Å². The predicted molar refractivity (Wildman–Crippen MR) is 131 cm³/mol. The van der Waals surface area contributed by atoms with Crippen molar-refractivity contribution < 1.29 is 14.6 Å². The lowest BCUT2D eigenvalue weighted by Gasteiger charge is -2.29. The van der Waals surface area contributed by atoms with Gasteiger partial charge < -0.3 is 14.7 Å². The molecule has 1 N–H and O–H groups in total. The van der Waals surface area contributed by atoms with Gasteiger partial charge in [0, 0.05) is 31.0 Å². The van der Waals surface area contributed by atoms with Crippen molar-refractivity contribution in [2.45, 2.75) is 19.8 Å². The van der Waals surface area contributed by atoms with Crippen molar-refractivity contribution in [1.82, 2.24) is 19.7 Å². The molecule has 1 saturated heterocycles. The number of hydrogen-bond donors (Lipinski definition) is 1. The molecule has 0 unspecified atom stereocenters. The van der Waals surface area contributed by atoms with Crippen LogP contribution in [0.3, 0.4) is 0 Å². The molecule has 0 atom stereocenters. The summed E-state index contributed by atoms with van der Waals surface area (Å²) in [5, 5.41) is 15.8. The van der Waals surface area contributed by atoms with Gasteiger partial charge >= 0.3 is 5.97 Å². The van der Waals surface area contributed by atoms with E-state index in [0.29, 0.717) is 29.7 Å². The number of carboxylic acids is 1. The highest BCUT2D eigenvalue weighted by atomic mass is 35.5. The Morgan fingerprint density at radius 1 is 1.09 bits per heavy atom. The van der Waals surface area contributed by atoms with Crippen molar-refractivity contribution in [3.63, 3.8) is 0 Å². The van der Waals surface area contributed by atoms with E-state index >= 15 is 0 Å². The molecular weight excluding hydrogens is 454 g/mol. The number of anilines is 1. The van der Waals surface area contributed by atoms with Crippen LogP contribution in [0.1, 0.15) is 35.9 Å². The fraction of sp³-hybridized carbons (Fsp3) is 0.280. The zero-order valence-electron chi connectivity index (χ0n) is 18.9. The van der Waals surface area contributed by atoms with Gasteiger partial charge in [0.2, 0.25) is 0 Å². The Kier molecular flexibility index (Phi) is 5.93. The van der Waals surface area contributed by atoms with E-state index < -0.39 is 5.97 Å². The van der Waals surface area contributed by atoms with E-state index in [9.17, 15) is 9.90 Å². The maximum absolute atomic E-state index is 12.0. The SMILES string of the molecule is CC(C)c1nn(-c2ccnc(Cl)c2)c2nc(C(=O)O)cc(-c3ccc(N4CCOCC4)cc3)c12. The topological polar surface area (TPSA) is 93.4 Å². The van der Waals surface area contributed by atoms with Crippen molar-refractivity contribution in [2.24, 2.45) is 0 Å². The van der Waals surface area contributed by atoms with Gasteiger partial charge in [-0.1, -0.05) is 37.6 Å². The van der Waals surface area contributed by atoms with Gasteiger partial charge in [0.05, 0.1) is 30.0 Å². The van der Waals surface area contributed by atoms with Crippen LogP contribution < -0.4 is 4.90 Å². The van der Waals surface area contributed by atoms with Gasteiger partial charge in [-0.3, -0.25) is 0 Å². The summed E-state index contributed by atoms with van der Waals surface area (Å²) in [7, 11) is 0. The number of nitrogens with zero attached hydrogens (tertiary/aromatic N) is 5. The Balaban J connectivity index is 1.71. The maximum Gasteiger partial charge on any atom is 0.354 e. The van der Waals surface area contributed by atoms with Crippen LogP contribution in [0.15, 0.2) is 48.7 Å². The number of halogens is 1. The molecule has 4 heterocycles. The second-order valence-electron chi connectivity index (χ2n) is 8.49. The summed E-state index contributed by atoms with van der Waals surface area (Å²) in [5.74, 6) is -1.01. The molecule has 0 bridgehead atoms. The molecule has 4 aromatic rings. The molecule has 1 aliphatic heterocycles. The van der Waals surface area contributed by atoms with Gasteiger partial charge in [-0.25, -0.2) is 19.4 Å². The molecule has 3 aromatic heterocycles. The average Bonchev–Trinajstić information content (AvgIpc) is 3.24. The first-order valence-electron chi connectivity index (χ1n) is 11.1. The van der Waals surface area contributed by atoms with E-state index in [-0.39, 0.29) is 11.6 Å².